The Bertz CT molecular complexity index is 426. The largest absolute Gasteiger partial charge is 0.481 e. The van der Waals surface area contributed by atoms with Crippen LogP contribution in [0.4, 0.5) is 5.69 Å². The van der Waals surface area contributed by atoms with E-state index in [4.69, 9.17) is 5.11 Å². The van der Waals surface area contributed by atoms with Gasteiger partial charge in [-0.1, -0.05) is 36.8 Å². The van der Waals surface area contributed by atoms with E-state index in [0.717, 1.165) is 19.3 Å². The Balaban J connectivity index is 1.81. The minimum atomic E-state index is -0.706. The molecular weight excluding hydrogens is 214 g/mol. The Hall–Kier alpha value is -1.77. The first-order chi connectivity index (χ1) is 8.25. The maximum Gasteiger partial charge on any atom is 0.303 e. The van der Waals surface area contributed by atoms with Crippen molar-refractivity contribution < 1.29 is 9.90 Å². The molecule has 0 aromatic heterocycles. The van der Waals surface area contributed by atoms with Gasteiger partial charge in [0.25, 0.3) is 0 Å². The number of carbonyl (C=O) groups is 1. The molecule has 0 fully saturated rings. The van der Waals surface area contributed by atoms with Crippen molar-refractivity contribution in [3.63, 3.8) is 0 Å². The van der Waals surface area contributed by atoms with Crippen molar-refractivity contribution in [2.75, 3.05) is 5.32 Å². The van der Waals surface area contributed by atoms with Gasteiger partial charge >= 0.3 is 5.97 Å². The van der Waals surface area contributed by atoms with E-state index in [0.29, 0.717) is 6.04 Å². The van der Waals surface area contributed by atoms with Crippen molar-refractivity contribution in [1.29, 1.82) is 0 Å². The van der Waals surface area contributed by atoms with E-state index >= 15 is 0 Å². The first kappa shape index (κ1) is 11.7. The number of hydrogen-bond donors (Lipinski definition) is 2. The summed E-state index contributed by atoms with van der Waals surface area (Å²) in [5, 5.41) is 12.0. The summed E-state index contributed by atoms with van der Waals surface area (Å²) in [6, 6.07) is 8.53. The molecule has 0 aliphatic carbocycles. The number of unbranched alkanes of at least 4 members (excludes halogenated alkanes) is 1. The maximum atomic E-state index is 10.4. The third kappa shape index (κ3) is 3.34. The highest BCUT2D eigenvalue weighted by molar-refractivity contribution is 5.70. The molecule has 1 aliphatic rings. The Labute approximate surface area is 101 Å². The lowest BCUT2D eigenvalue weighted by molar-refractivity contribution is -0.137. The van der Waals surface area contributed by atoms with E-state index in [9.17, 15) is 4.79 Å². The van der Waals surface area contributed by atoms with Gasteiger partial charge in [-0.2, -0.15) is 0 Å². The molecule has 1 heterocycles. The third-order valence-corrected chi connectivity index (χ3v) is 2.97. The van der Waals surface area contributed by atoms with Crippen LogP contribution in [0.1, 0.15) is 31.2 Å². The molecule has 1 aromatic rings. The molecule has 3 heteroatoms. The van der Waals surface area contributed by atoms with E-state index in [1.807, 2.05) is 12.1 Å². The quantitative estimate of drug-likeness (QED) is 0.765. The highest BCUT2D eigenvalue weighted by atomic mass is 16.4. The summed E-state index contributed by atoms with van der Waals surface area (Å²) >= 11 is 0. The molecule has 1 atom stereocenters. The molecular formula is C14H17NO2. The lowest BCUT2D eigenvalue weighted by Gasteiger charge is -2.22. The van der Waals surface area contributed by atoms with E-state index in [1.165, 1.54) is 11.3 Å². The van der Waals surface area contributed by atoms with Gasteiger partial charge in [0, 0.05) is 18.2 Å². The Morgan fingerprint density at radius 1 is 1.29 bits per heavy atom. The summed E-state index contributed by atoms with van der Waals surface area (Å²) in [5.74, 6) is -0.706. The third-order valence-electron chi connectivity index (χ3n) is 2.97. The van der Waals surface area contributed by atoms with Crippen molar-refractivity contribution in [2.45, 2.75) is 31.7 Å². The van der Waals surface area contributed by atoms with Crippen molar-refractivity contribution in [1.82, 2.24) is 0 Å². The first-order valence-electron chi connectivity index (χ1n) is 6.01. The average Bonchev–Trinajstić information content (AvgIpc) is 2.34. The lowest BCUT2D eigenvalue weighted by Crippen LogP contribution is -2.19. The molecule has 0 amide bonds. The Morgan fingerprint density at radius 2 is 2.12 bits per heavy atom. The summed E-state index contributed by atoms with van der Waals surface area (Å²) in [6.45, 7) is 0. The van der Waals surface area contributed by atoms with E-state index in [-0.39, 0.29) is 6.42 Å². The number of carboxylic acid groups (broad SMARTS) is 1. The molecule has 2 N–H and O–H groups in total. The zero-order valence-corrected chi connectivity index (χ0v) is 9.73. The van der Waals surface area contributed by atoms with Crippen molar-refractivity contribution >= 4 is 17.7 Å². The molecule has 90 valence electrons. The summed E-state index contributed by atoms with van der Waals surface area (Å²) < 4.78 is 0. The number of aliphatic carboxylic acids is 1. The fourth-order valence-corrected chi connectivity index (χ4v) is 2.05. The van der Waals surface area contributed by atoms with Crippen LogP contribution in [0.2, 0.25) is 0 Å². The molecule has 1 unspecified atom stereocenters. The fraction of sp³-hybridized carbons (Fsp3) is 0.357. The molecule has 17 heavy (non-hydrogen) atoms. The maximum absolute atomic E-state index is 10.4. The van der Waals surface area contributed by atoms with Gasteiger partial charge in [-0.15, -0.1) is 0 Å². The topological polar surface area (TPSA) is 49.3 Å². The first-order valence-corrected chi connectivity index (χ1v) is 6.01. The van der Waals surface area contributed by atoms with E-state index in [1.54, 1.807) is 0 Å². The number of carboxylic acids is 1. The number of hydrogen-bond acceptors (Lipinski definition) is 2. The van der Waals surface area contributed by atoms with Crippen LogP contribution in [-0.2, 0) is 4.79 Å². The minimum absolute atomic E-state index is 0.271. The summed E-state index contributed by atoms with van der Waals surface area (Å²) in [5.41, 5.74) is 2.38. The van der Waals surface area contributed by atoms with Gasteiger partial charge in [0.15, 0.2) is 0 Å². The lowest BCUT2D eigenvalue weighted by atomic mass is 10.0. The predicted octanol–water partition coefficient (Wildman–Crippen LogP) is 3.14. The second-order valence-electron chi connectivity index (χ2n) is 4.34. The zero-order valence-electron chi connectivity index (χ0n) is 9.73. The number of benzene rings is 1. The normalized spacial score (nSPS) is 17.3. The molecule has 0 radical (unpaired) electrons. The van der Waals surface area contributed by atoms with Crippen LogP contribution < -0.4 is 5.32 Å². The van der Waals surface area contributed by atoms with Gasteiger partial charge in [0.05, 0.1) is 0 Å². The molecule has 1 aliphatic heterocycles. The number of para-hydroxylation sites is 1. The highest BCUT2D eigenvalue weighted by Crippen LogP contribution is 2.24. The summed E-state index contributed by atoms with van der Waals surface area (Å²) in [6.07, 6.45) is 7.24. The van der Waals surface area contributed by atoms with Crippen LogP contribution in [-0.4, -0.2) is 17.1 Å². The molecule has 1 aromatic carbocycles. The van der Waals surface area contributed by atoms with Gasteiger partial charge < -0.3 is 10.4 Å². The smallest absolute Gasteiger partial charge is 0.303 e. The number of anilines is 1. The van der Waals surface area contributed by atoms with Crippen molar-refractivity contribution in [3.05, 3.63) is 35.9 Å². The molecule has 3 nitrogen and oxygen atoms in total. The molecule has 0 saturated heterocycles. The van der Waals surface area contributed by atoms with Gasteiger partial charge in [-0.3, -0.25) is 4.79 Å². The summed E-state index contributed by atoms with van der Waals surface area (Å²) in [7, 11) is 0. The second-order valence-corrected chi connectivity index (χ2v) is 4.34. The molecule has 2 rings (SSSR count). The minimum Gasteiger partial charge on any atom is -0.481 e. The predicted molar refractivity (Wildman–Crippen MR) is 69.0 cm³/mol. The molecule has 0 bridgehead atoms. The van der Waals surface area contributed by atoms with Crippen LogP contribution in [0.25, 0.3) is 6.08 Å². The van der Waals surface area contributed by atoms with Gasteiger partial charge in [-0.25, -0.2) is 0 Å². The van der Waals surface area contributed by atoms with Crippen LogP contribution in [0.5, 0.6) is 0 Å². The average molecular weight is 231 g/mol. The number of fused-ring (bicyclic) bond motifs is 1. The SMILES string of the molecule is O=C(O)CCCCC1C=Cc2ccccc2N1. The Morgan fingerprint density at radius 3 is 2.94 bits per heavy atom. The zero-order chi connectivity index (χ0) is 12.1. The van der Waals surface area contributed by atoms with Crippen LogP contribution in [0.3, 0.4) is 0 Å². The second kappa shape index (κ2) is 5.53. The van der Waals surface area contributed by atoms with Crippen LogP contribution >= 0.6 is 0 Å². The fourth-order valence-electron chi connectivity index (χ4n) is 2.05. The van der Waals surface area contributed by atoms with E-state index in [2.05, 4.69) is 29.6 Å². The van der Waals surface area contributed by atoms with Gasteiger partial charge in [0.1, 0.15) is 0 Å². The molecule has 0 spiro atoms. The number of nitrogens with one attached hydrogen (secondary N) is 1. The van der Waals surface area contributed by atoms with Gasteiger partial charge in [0.2, 0.25) is 0 Å². The standard InChI is InChI=1S/C14H17NO2/c16-14(17)8-4-2-6-12-10-9-11-5-1-3-7-13(11)15-12/h1,3,5,7,9-10,12,15H,2,4,6,8H2,(H,16,17). The van der Waals surface area contributed by atoms with Crippen molar-refractivity contribution in [2.24, 2.45) is 0 Å². The van der Waals surface area contributed by atoms with E-state index < -0.39 is 5.97 Å². The summed E-state index contributed by atoms with van der Waals surface area (Å²) in [4.78, 5) is 10.4. The highest BCUT2D eigenvalue weighted by Gasteiger charge is 2.11. The molecule has 0 saturated carbocycles. The van der Waals surface area contributed by atoms with Gasteiger partial charge in [-0.05, 0) is 24.5 Å². The monoisotopic (exact) mass is 231 g/mol. The van der Waals surface area contributed by atoms with Crippen LogP contribution in [0.15, 0.2) is 30.3 Å². The number of rotatable bonds is 5. The Kier molecular flexibility index (Phi) is 3.81. The van der Waals surface area contributed by atoms with Crippen LogP contribution in [0, 0.1) is 0 Å². The van der Waals surface area contributed by atoms with Crippen molar-refractivity contribution in [3.8, 4) is 0 Å².